The van der Waals surface area contributed by atoms with Crippen molar-refractivity contribution in [2.45, 2.75) is 19.1 Å². The van der Waals surface area contributed by atoms with Crippen molar-refractivity contribution in [1.82, 2.24) is 19.9 Å². The monoisotopic (exact) mass is 370 g/mol. The zero-order valence-corrected chi connectivity index (χ0v) is 15.1. The highest BCUT2D eigenvalue weighted by Crippen LogP contribution is 2.28. The second-order valence-electron chi connectivity index (χ2n) is 6.76. The predicted molar refractivity (Wildman–Crippen MR) is 105 cm³/mol. The highest BCUT2D eigenvalue weighted by atomic mass is 16.5. The summed E-state index contributed by atoms with van der Waals surface area (Å²) in [7, 11) is 0. The second kappa shape index (κ2) is 6.81. The van der Waals surface area contributed by atoms with Gasteiger partial charge >= 0.3 is 0 Å². The molecular formula is C22H18N4O2. The smallest absolute Gasteiger partial charge is 0.261 e. The van der Waals surface area contributed by atoms with Gasteiger partial charge in [0.2, 0.25) is 0 Å². The molecule has 0 saturated carbocycles. The number of amides is 1. The molecule has 1 aliphatic rings. The van der Waals surface area contributed by atoms with Crippen LogP contribution in [0.5, 0.6) is 5.75 Å². The minimum atomic E-state index is -0.470. The molecule has 4 aromatic rings. The molecule has 2 aromatic carbocycles. The maximum atomic E-state index is 12.4. The van der Waals surface area contributed by atoms with Crippen molar-refractivity contribution in [3.8, 4) is 11.6 Å². The maximum absolute atomic E-state index is 12.4. The van der Waals surface area contributed by atoms with E-state index in [9.17, 15) is 4.79 Å². The van der Waals surface area contributed by atoms with Gasteiger partial charge in [-0.1, -0.05) is 36.4 Å². The Morgan fingerprint density at radius 1 is 1.07 bits per heavy atom. The molecule has 5 rings (SSSR count). The molecule has 6 heteroatoms. The van der Waals surface area contributed by atoms with Gasteiger partial charge in [-0.2, -0.15) is 0 Å². The van der Waals surface area contributed by atoms with Crippen molar-refractivity contribution >= 4 is 16.9 Å². The van der Waals surface area contributed by atoms with Gasteiger partial charge in [0, 0.05) is 19.2 Å². The molecular weight excluding hydrogens is 352 g/mol. The Balaban J connectivity index is 1.24. The number of nitrogens with zero attached hydrogens (tertiary/aromatic N) is 3. The number of pyridine rings is 1. The number of aromatic nitrogens is 3. The Hall–Kier alpha value is -3.67. The van der Waals surface area contributed by atoms with E-state index in [4.69, 9.17) is 4.74 Å². The fraction of sp³-hybridized carbons (Fsp3) is 0.136. The van der Waals surface area contributed by atoms with E-state index in [2.05, 4.69) is 15.3 Å². The van der Waals surface area contributed by atoms with Gasteiger partial charge in [0.1, 0.15) is 17.9 Å². The molecule has 3 heterocycles. The van der Waals surface area contributed by atoms with Crippen LogP contribution in [0.2, 0.25) is 0 Å². The first-order valence-electron chi connectivity index (χ1n) is 9.17. The van der Waals surface area contributed by atoms with E-state index < -0.39 is 6.10 Å². The van der Waals surface area contributed by atoms with Crippen LogP contribution in [0.1, 0.15) is 11.1 Å². The molecule has 0 saturated heterocycles. The van der Waals surface area contributed by atoms with Crippen LogP contribution < -0.4 is 10.1 Å². The lowest BCUT2D eigenvalue weighted by atomic mass is 10.1. The third kappa shape index (κ3) is 2.99. The second-order valence-corrected chi connectivity index (χ2v) is 6.76. The van der Waals surface area contributed by atoms with Crippen LogP contribution in [-0.4, -0.2) is 26.5 Å². The first-order chi connectivity index (χ1) is 13.8. The minimum Gasteiger partial charge on any atom is -0.480 e. The van der Waals surface area contributed by atoms with Gasteiger partial charge < -0.3 is 10.1 Å². The molecule has 0 bridgehead atoms. The largest absolute Gasteiger partial charge is 0.480 e. The van der Waals surface area contributed by atoms with Crippen LogP contribution in [0.25, 0.3) is 16.9 Å². The Morgan fingerprint density at radius 2 is 1.93 bits per heavy atom. The van der Waals surface area contributed by atoms with Gasteiger partial charge in [0.05, 0.1) is 11.0 Å². The summed E-state index contributed by atoms with van der Waals surface area (Å²) in [5.74, 6) is 1.47. The quantitative estimate of drug-likeness (QED) is 0.600. The molecule has 0 fully saturated rings. The summed E-state index contributed by atoms with van der Waals surface area (Å²) >= 11 is 0. The number of para-hydroxylation sites is 3. The Kier molecular flexibility index (Phi) is 4.01. The topological polar surface area (TPSA) is 69.0 Å². The number of hydrogen-bond donors (Lipinski definition) is 1. The van der Waals surface area contributed by atoms with E-state index in [1.165, 1.54) is 0 Å². The van der Waals surface area contributed by atoms with Gasteiger partial charge in [-0.25, -0.2) is 9.97 Å². The zero-order chi connectivity index (χ0) is 18.9. The van der Waals surface area contributed by atoms with Crippen LogP contribution in [-0.2, 0) is 17.8 Å². The maximum Gasteiger partial charge on any atom is 0.261 e. The van der Waals surface area contributed by atoms with Crippen molar-refractivity contribution in [3.63, 3.8) is 0 Å². The van der Waals surface area contributed by atoms with Crippen molar-refractivity contribution in [1.29, 1.82) is 0 Å². The molecule has 138 valence electrons. The van der Waals surface area contributed by atoms with E-state index in [1.54, 1.807) is 12.5 Å². The number of hydrogen-bond acceptors (Lipinski definition) is 4. The van der Waals surface area contributed by atoms with Crippen LogP contribution in [0.4, 0.5) is 0 Å². The molecule has 2 aromatic heterocycles. The van der Waals surface area contributed by atoms with Crippen molar-refractivity contribution in [2.75, 3.05) is 0 Å². The third-order valence-electron chi connectivity index (χ3n) is 4.92. The lowest BCUT2D eigenvalue weighted by molar-refractivity contribution is -0.127. The summed E-state index contributed by atoms with van der Waals surface area (Å²) in [4.78, 5) is 21.3. The third-order valence-corrected chi connectivity index (χ3v) is 4.92. The van der Waals surface area contributed by atoms with Crippen LogP contribution in [0.15, 0.2) is 73.2 Å². The van der Waals surface area contributed by atoms with Crippen LogP contribution in [0, 0.1) is 0 Å². The lowest BCUT2D eigenvalue weighted by Gasteiger charge is -2.11. The Labute approximate surface area is 161 Å². The lowest BCUT2D eigenvalue weighted by Crippen LogP contribution is -2.37. The molecule has 0 aliphatic carbocycles. The molecule has 1 atom stereocenters. The standard InChI is InChI=1S/C22H18N4O2/c27-22(20-11-16-5-1-4-8-19(16)28-20)24-13-15-9-10-21(23-12-15)26-14-25-17-6-2-3-7-18(17)26/h1-10,12,14,20H,11,13H2,(H,24,27). The van der Waals surface area contributed by atoms with Crippen molar-refractivity contribution in [3.05, 3.63) is 84.3 Å². The molecule has 6 nitrogen and oxygen atoms in total. The van der Waals surface area contributed by atoms with Gasteiger partial charge in [-0.3, -0.25) is 9.36 Å². The average molecular weight is 370 g/mol. The number of carbonyl (C=O) groups is 1. The number of imidazole rings is 1. The number of fused-ring (bicyclic) bond motifs is 2. The fourth-order valence-corrected chi connectivity index (χ4v) is 3.44. The number of ether oxygens (including phenoxy) is 1. The van der Waals surface area contributed by atoms with Crippen LogP contribution >= 0.6 is 0 Å². The summed E-state index contributed by atoms with van der Waals surface area (Å²) < 4.78 is 7.67. The van der Waals surface area contributed by atoms with Gasteiger partial charge in [0.25, 0.3) is 5.91 Å². The number of benzene rings is 2. The highest BCUT2D eigenvalue weighted by Gasteiger charge is 2.28. The number of rotatable bonds is 4. The molecule has 1 unspecified atom stereocenters. The average Bonchev–Trinajstić information content (AvgIpc) is 3.37. The molecule has 0 spiro atoms. The molecule has 1 N–H and O–H groups in total. The minimum absolute atomic E-state index is 0.110. The van der Waals surface area contributed by atoms with Crippen LogP contribution in [0.3, 0.4) is 0 Å². The number of nitrogens with one attached hydrogen (secondary N) is 1. The Morgan fingerprint density at radius 3 is 2.79 bits per heavy atom. The number of carbonyl (C=O) groups excluding carboxylic acids is 1. The fourth-order valence-electron chi connectivity index (χ4n) is 3.44. The first kappa shape index (κ1) is 16.5. The zero-order valence-electron chi connectivity index (χ0n) is 15.1. The molecule has 0 radical (unpaired) electrons. The van der Waals surface area contributed by atoms with E-state index in [1.807, 2.05) is 65.2 Å². The van der Waals surface area contributed by atoms with E-state index in [0.29, 0.717) is 13.0 Å². The van der Waals surface area contributed by atoms with E-state index in [0.717, 1.165) is 33.7 Å². The van der Waals surface area contributed by atoms with Crippen molar-refractivity contribution < 1.29 is 9.53 Å². The SMILES string of the molecule is O=C(NCc1ccc(-n2cnc3ccccc32)nc1)C1Cc2ccccc2O1. The predicted octanol–water partition coefficient (Wildman–Crippen LogP) is 3.04. The van der Waals surface area contributed by atoms with Crippen molar-refractivity contribution in [2.24, 2.45) is 0 Å². The summed E-state index contributed by atoms with van der Waals surface area (Å²) in [6.45, 7) is 0.410. The summed E-state index contributed by atoms with van der Waals surface area (Å²) in [5.41, 5.74) is 3.94. The summed E-state index contributed by atoms with van der Waals surface area (Å²) in [5, 5.41) is 2.94. The summed E-state index contributed by atoms with van der Waals surface area (Å²) in [6.07, 6.45) is 3.67. The first-order valence-corrected chi connectivity index (χ1v) is 9.17. The van der Waals surface area contributed by atoms with Gasteiger partial charge in [-0.15, -0.1) is 0 Å². The molecule has 1 amide bonds. The normalized spacial score (nSPS) is 15.2. The highest BCUT2D eigenvalue weighted by molar-refractivity contribution is 5.82. The Bertz CT molecular complexity index is 1130. The van der Waals surface area contributed by atoms with Gasteiger partial charge in [-0.05, 0) is 35.4 Å². The van der Waals surface area contributed by atoms with E-state index in [-0.39, 0.29) is 5.91 Å². The molecule has 28 heavy (non-hydrogen) atoms. The van der Waals surface area contributed by atoms with E-state index >= 15 is 0 Å². The van der Waals surface area contributed by atoms with Gasteiger partial charge in [0.15, 0.2) is 6.10 Å². The molecule has 1 aliphatic heterocycles. The summed E-state index contributed by atoms with van der Waals surface area (Å²) in [6, 6.07) is 19.6.